The van der Waals surface area contributed by atoms with E-state index in [4.69, 9.17) is 5.10 Å². The highest BCUT2D eigenvalue weighted by molar-refractivity contribution is 5.84. The van der Waals surface area contributed by atoms with Crippen molar-refractivity contribution in [2.45, 2.75) is 69.7 Å². The first kappa shape index (κ1) is 15.6. The Kier molecular flexibility index (Phi) is 3.73. The van der Waals surface area contributed by atoms with Crippen molar-refractivity contribution in [3.8, 4) is 0 Å². The van der Waals surface area contributed by atoms with Gasteiger partial charge in [0.2, 0.25) is 0 Å². The van der Waals surface area contributed by atoms with E-state index in [-0.39, 0.29) is 5.56 Å². The van der Waals surface area contributed by atoms with E-state index >= 15 is 0 Å². The summed E-state index contributed by atoms with van der Waals surface area (Å²) in [6, 6.07) is 0.800. The SMILES string of the molecule is Cn1nc(C2CN(C3CCCCC3)C2)c2c3c(c(=O)[nH]c21)CCCC3. The summed E-state index contributed by atoms with van der Waals surface area (Å²) < 4.78 is 1.89. The maximum absolute atomic E-state index is 12.4. The van der Waals surface area contributed by atoms with Crippen molar-refractivity contribution >= 4 is 11.0 Å². The molecule has 1 aliphatic heterocycles. The quantitative estimate of drug-likeness (QED) is 0.914. The van der Waals surface area contributed by atoms with Gasteiger partial charge in [-0.2, -0.15) is 5.10 Å². The van der Waals surface area contributed by atoms with Crippen molar-refractivity contribution in [1.82, 2.24) is 19.7 Å². The summed E-state index contributed by atoms with van der Waals surface area (Å²) in [5.41, 5.74) is 4.59. The number of rotatable bonds is 2. The van der Waals surface area contributed by atoms with Crippen LogP contribution in [0.4, 0.5) is 0 Å². The second-order valence-electron chi connectivity index (χ2n) is 8.29. The average molecular weight is 340 g/mol. The van der Waals surface area contributed by atoms with Crippen LogP contribution < -0.4 is 5.56 Å². The van der Waals surface area contributed by atoms with Gasteiger partial charge in [0, 0.05) is 43.0 Å². The van der Waals surface area contributed by atoms with E-state index < -0.39 is 0 Å². The monoisotopic (exact) mass is 340 g/mol. The summed E-state index contributed by atoms with van der Waals surface area (Å²) in [6.07, 6.45) is 11.2. The van der Waals surface area contributed by atoms with Gasteiger partial charge in [-0.15, -0.1) is 0 Å². The fourth-order valence-electron chi connectivity index (χ4n) is 5.32. The molecule has 1 saturated carbocycles. The molecule has 0 aromatic carbocycles. The van der Waals surface area contributed by atoms with Crippen LogP contribution in [0.25, 0.3) is 11.0 Å². The van der Waals surface area contributed by atoms with Gasteiger partial charge >= 0.3 is 0 Å². The highest BCUT2D eigenvalue weighted by Crippen LogP contribution is 2.37. The molecule has 2 fully saturated rings. The molecule has 1 saturated heterocycles. The summed E-state index contributed by atoms with van der Waals surface area (Å²) >= 11 is 0. The second kappa shape index (κ2) is 5.97. The molecule has 2 aromatic rings. The highest BCUT2D eigenvalue weighted by atomic mass is 16.1. The van der Waals surface area contributed by atoms with Crippen molar-refractivity contribution < 1.29 is 0 Å². The number of fused-ring (bicyclic) bond motifs is 3. The first-order chi connectivity index (χ1) is 12.2. The van der Waals surface area contributed by atoms with Crippen LogP contribution in [0.15, 0.2) is 4.79 Å². The fraction of sp³-hybridized carbons (Fsp3) is 0.700. The van der Waals surface area contributed by atoms with Crippen LogP contribution >= 0.6 is 0 Å². The molecule has 25 heavy (non-hydrogen) atoms. The first-order valence-corrected chi connectivity index (χ1v) is 10.1. The molecule has 0 unspecified atom stereocenters. The average Bonchev–Trinajstić information content (AvgIpc) is 2.91. The van der Waals surface area contributed by atoms with Crippen molar-refractivity contribution in [1.29, 1.82) is 0 Å². The van der Waals surface area contributed by atoms with Crippen molar-refractivity contribution in [3.05, 3.63) is 27.2 Å². The molecule has 0 atom stereocenters. The van der Waals surface area contributed by atoms with Crippen LogP contribution in [0.5, 0.6) is 0 Å². The molecule has 3 heterocycles. The van der Waals surface area contributed by atoms with Crippen LogP contribution in [-0.4, -0.2) is 38.8 Å². The zero-order valence-electron chi connectivity index (χ0n) is 15.2. The lowest BCUT2D eigenvalue weighted by atomic mass is 9.84. The Morgan fingerprint density at radius 1 is 1.00 bits per heavy atom. The third kappa shape index (κ3) is 2.47. The summed E-state index contributed by atoms with van der Waals surface area (Å²) in [5, 5.41) is 6.13. The van der Waals surface area contributed by atoms with Gasteiger partial charge in [0.25, 0.3) is 5.56 Å². The lowest BCUT2D eigenvalue weighted by molar-refractivity contribution is 0.0678. The Hall–Kier alpha value is -1.62. The van der Waals surface area contributed by atoms with E-state index in [1.807, 2.05) is 11.7 Å². The zero-order valence-corrected chi connectivity index (χ0v) is 15.2. The molecule has 5 heteroatoms. The van der Waals surface area contributed by atoms with Gasteiger partial charge in [-0.3, -0.25) is 14.4 Å². The Bertz CT molecular complexity index is 853. The summed E-state index contributed by atoms with van der Waals surface area (Å²) in [4.78, 5) is 18.2. The number of aryl methyl sites for hydroxylation is 2. The topological polar surface area (TPSA) is 53.9 Å². The molecule has 0 spiro atoms. The molecule has 134 valence electrons. The van der Waals surface area contributed by atoms with Crippen molar-refractivity contribution in [2.75, 3.05) is 13.1 Å². The van der Waals surface area contributed by atoms with Gasteiger partial charge in [0.1, 0.15) is 5.65 Å². The van der Waals surface area contributed by atoms with Crippen molar-refractivity contribution in [3.63, 3.8) is 0 Å². The normalized spacial score (nSPS) is 22.9. The molecule has 3 aliphatic rings. The molecule has 0 radical (unpaired) electrons. The standard InChI is InChI=1S/C20H28N4O/c1-23-19-17(15-9-5-6-10-16(15)20(25)21-19)18(22-23)13-11-24(12-13)14-7-3-2-4-8-14/h13-14H,2-12H2,1H3,(H,21,25). The van der Waals surface area contributed by atoms with Gasteiger partial charge in [-0.1, -0.05) is 19.3 Å². The molecule has 0 bridgehead atoms. The largest absolute Gasteiger partial charge is 0.307 e. The van der Waals surface area contributed by atoms with Crippen LogP contribution in [-0.2, 0) is 19.9 Å². The Labute approximate surface area is 148 Å². The molecular formula is C20H28N4O. The number of aromatic nitrogens is 3. The molecule has 2 aromatic heterocycles. The number of nitrogens with one attached hydrogen (secondary N) is 1. The number of nitrogens with zero attached hydrogens (tertiary/aromatic N) is 3. The summed E-state index contributed by atoms with van der Waals surface area (Å²) in [6.45, 7) is 2.29. The number of likely N-dealkylation sites (tertiary alicyclic amines) is 1. The molecule has 5 nitrogen and oxygen atoms in total. The minimum Gasteiger partial charge on any atom is -0.307 e. The lowest BCUT2D eigenvalue weighted by Crippen LogP contribution is -2.51. The van der Waals surface area contributed by atoms with E-state index in [1.54, 1.807) is 0 Å². The molecule has 2 aliphatic carbocycles. The second-order valence-corrected chi connectivity index (χ2v) is 8.29. The number of H-pyrrole nitrogens is 1. The summed E-state index contributed by atoms with van der Waals surface area (Å²) in [5.74, 6) is 0.530. The van der Waals surface area contributed by atoms with Gasteiger partial charge in [0.05, 0.1) is 5.69 Å². The predicted molar refractivity (Wildman–Crippen MR) is 99.2 cm³/mol. The number of aromatic amines is 1. The van der Waals surface area contributed by atoms with Crippen LogP contribution in [0.2, 0.25) is 0 Å². The molecule has 1 N–H and O–H groups in total. The van der Waals surface area contributed by atoms with Crippen molar-refractivity contribution in [2.24, 2.45) is 7.05 Å². The number of pyridine rings is 1. The highest BCUT2D eigenvalue weighted by Gasteiger charge is 2.37. The predicted octanol–water partition coefficient (Wildman–Crippen LogP) is 2.87. The Morgan fingerprint density at radius 3 is 2.48 bits per heavy atom. The van der Waals surface area contributed by atoms with Gasteiger partial charge in [0.15, 0.2) is 0 Å². The third-order valence-electron chi connectivity index (χ3n) is 6.74. The van der Waals surface area contributed by atoms with Crippen LogP contribution in [0.1, 0.15) is 67.7 Å². The lowest BCUT2D eigenvalue weighted by Gasteiger charge is -2.45. The van der Waals surface area contributed by atoms with Crippen LogP contribution in [0, 0.1) is 0 Å². The zero-order chi connectivity index (χ0) is 17.0. The fourth-order valence-corrected chi connectivity index (χ4v) is 5.32. The minimum absolute atomic E-state index is 0.106. The van der Waals surface area contributed by atoms with E-state index in [0.717, 1.165) is 49.6 Å². The maximum atomic E-state index is 12.4. The first-order valence-electron chi connectivity index (χ1n) is 10.1. The van der Waals surface area contributed by atoms with Gasteiger partial charge in [-0.25, -0.2) is 0 Å². The molecule has 5 rings (SSSR count). The van der Waals surface area contributed by atoms with Gasteiger partial charge in [-0.05, 0) is 44.1 Å². The molecule has 0 amide bonds. The molecular weight excluding hydrogens is 312 g/mol. The third-order valence-corrected chi connectivity index (χ3v) is 6.74. The number of hydrogen-bond acceptors (Lipinski definition) is 3. The summed E-state index contributed by atoms with van der Waals surface area (Å²) in [7, 11) is 1.97. The number of hydrogen-bond donors (Lipinski definition) is 1. The van der Waals surface area contributed by atoms with E-state index in [2.05, 4.69) is 9.88 Å². The minimum atomic E-state index is 0.106. The van der Waals surface area contributed by atoms with Crippen LogP contribution in [0.3, 0.4) is 0 Å². The van der Waals surface area contributed by atoms with Gasteiger partial charge < -0.3 is 4.98 Å². The maximum Gasteiger partial charge on any atom is 0.253 e. The van der Waals surface area contributed by atoms with E-state index in [0.29, 0.717) is 5.92 Å². The van der Waals surface area contributed by atoms with E-state index in [1.165, 1.54) is 55.2 Å². The Morgan fingerprint density at radius 2 is 1.72 bits per heavy atom. The Balaban J connectivity index is 1.49. The smallest absolute Gasteiger partial charge is 0.253 e. The van der Waals surface area contributed by atoms with E-state index in [9.17, 15) is 4.79 Å².